The number of carbonyl (C=O) groups is 2. The molecule has 2 saturated heterocycles. The van der Waals surface area contributed by atoms with Crippen LogP contribution in [0.4, 0.5) is 24.7 Å². The van der Waals surface area contributed by atoms with Gasteiger partial charge in [-0.15, -0.1) is 0 Å². The Hall–Kier alpha value is -3.57. The van der Waals surface area contributed by atoms with Crippen LogP contribution in [0.3, 0.4) is 0 Å². The molecule has 42 heavy (non-hydrogen) atoms. The largest absolute Gasteiger partial charge is 0.417 e. The molecule has 1 aromatic heterocycles. The molecule has 2 amide bonds. The molecule has 3 aliphatic heterocycles. The highest BCUT2D eigenvalue weighted by Gasteiger charge is 2.48. The molecule has 7 nitrogen and oxygen atoms in total. The molecule has 2 fully saturated rings. The molecule has 2 aromatic carbocycles. The molecule has 4 heterocycles. The molecule has 11 heteroatoms. The minimum Gasteiger partial charge on any atom is -0.367 e. The Morgan fingerprint density at radius 2 is 1.69 bits per heavy atom. The Morgan fingerprint density at radius 1 is 1.00 bits per heavy atom. The molecule has 2 N–H and O–H groups in total. The number of amides is 2. The van der Waals surface area contributed by atoms with E-state index < -0.39 is 17.2 Å². The van der Waals surface area contributed by atoms with Crippen molar-refractivity contribution in [3.63, 3.8) is 0 Å². The van der Waals surface area contributed by atoms with E-state index >= 15 is 0 Å². The summed E-state index contributed by atoms with van der Waals surface area (Å²) >= 11 is 1.70. The van der Waals surface area contributed by atoms with Crippen molar-refractivity contribution in [2.45, 2.75) is 55.1 Å². The van der Waals surface area contributed by atoms with Crippen LogP contribution in [-0.4, -0.2) is 58.2 Å². The number of nitrogens with one attached hydrogen (secondary N) is 2. The third-order valence-electron chi connectivity index (χ3n) is 8.60. The predicted molar refractivity (Wildman–Crippen MR) is 157 cm³/mol. The summed E-state index contributed by atoms with van der Waals surface area (Å²) in [6.07, 6.45) is -0.546. The second kappa shape index (κ2) is 11.3. The van der Waals surface area contributed by atoms with Crippen molar-refractivity contribution in [3.05, 3.63) is 71.9 Å². The lowest BCUT2D eigenvalue weighted by Gasteiger charge is -2.37. The molecular formula is C31H32F3N5O2S. The Bertz CT molecular complexity index is 1460. The number of rotatable bonds is 5. The number of anilines is 2. The highest BCUT2D eigenvalue weighted by molar-refractivity contribution is 7.97. The van der Waals surface area contributed by atoms with Crippen LogP contribution in [0.5, 0.6) is 0 Å². The van der Waals surface area contributed by atoms with Crippen LogP contribution in [0.25, 0.3) is 11.1 Å². The molecule has 220 valence electrons. The zero-order chi connectivity index (χ0) is 29.5. The fourth-order valence-corrected chi connectivity index (χ4v) is 7.05. The van der Waals surface area contributed by atoms with Crippen LogP contribution < -0.4 is 10.6 Å². The van der Waals surface area contributed by atoms with E-state index in [1.807, 2.05) is 17.0 Å². The SMILES string of the molecule is CC(=O)N1CCC2(CC1)C(=O)Nc1ccc(-c3ccc(SN4CCC(Nc5ccc(C(F)(F)F)cn5)CC4)cc3)cc12. The molecule has 0 unspecified atom stereocenters. The molecule has 6 rings (SSSR count). The van der Waals surface area contributed by atoms with Gasteiger partial charge in [-0.1, -0.05) is 18.2 Å². The summed E-state index contributed by atoms with van der Waals surface area (Å²) in [7, 11) is 0. The monoisotopic (exact) mass is 595 g/mol. The van der Waals surface area contributed by atoms with Gasteiger partial charge in [-0.25, -0.2) is 9.29 Å². The van der Waals surface area contributed by atoms with Crippen LogP contribution in [0, 0.1) is 0 Å². The topological polar surface area (TPSA) is 77.6 Å². The van der Waals surface area contributed by atoms with Crippen LogP contribution in [-0.2, 0) is 21.2 Å². The van der Waals surface area contributed by atoms with E-state index in [1.165, 1.54) is 6.07 Å². The number of alkyl halides is 3. The minimum absolute atomic E-state index is 0.0270. The van der Waals surface area contributed by atoms with E-state index in [2.05, 4.69) is 50.3 Å². The Labute approximate surface area is 247 Å². The van der Waals surface area contributed by atoms with Crippen molar-refractivity contribution in [2.75, 3.05) is 36.8 Å². The summed E-state index contributed by atoms with van der Waals surface area (Å²) < 4.78 is 40.6. The zero-order valence-corrected chi connectivity index (χ0v) is 24.0. The third-order valence-corrected chi connectivity index (χ3v) is 9.71. The quantitative estimate of drug-likeness (QED) is 0.343. The maximum atomic E-state index is 13.1. The fraction of sp³-hybridized carbons (Fsp3) is 0.387. The van der Waals surface area contributed by atoms with E-state index in [4.69, 9.17) is 0 Å². The lowest BCUT2D eigenvalue weighted by atomic mass is 9.73. The molecule has 0 saturated carbocycles. The van der Waals surface area contributed by atoms with Gasteiger partial charge < -0.3 is 15.5 Å². The first-order valence-electron chi connectivity index (χ1n) is 14.2. The van der Waals surface area contributed by atoms with Crippen molar-refractivity contribution in [1.82, 2.24) is 14.2 Å². The molecule has 0 bridgehead atoms. The predicted octanol–water partition coefficient (Wildman–Crippen LogP) is 6.18. The van der Waals surface area contributed by atoms with Gasteiger partial charge in [-0.3, -0.25) is 9.59 Å². The smallest absolute Gasteiger partial charge is 0.367 e. The standard InChI is InChI=1S/C31H32F3N5O2S/c1-20(40)38-16-12-30(13-17-38)26-18-22(4-8-27(26)37-29(30)41)21-2-6-25(7-3-21)42-39-14-10-24(11-15-39)36-28-9-5-23(19-35-28)31(32,33)34/h2-9,18-19,24H,10-17H2,1H3,(H,35,36)(H,37,41). The van der Waals surface area contributed by atoms with Gasteiger partial charge in [-0.2, -0.15) is 13.2 Å². The van der Waals surface area contributed by atoms with Gasteiger partial charge in [0.2, 0.25) is 11.8 Å². The molecule has 3 aromatic rings. The molecule has 3 aliphatic rings. The normalized spacial score (nSPS) is 19.0. The van der Waals surface area contributed by atoms with Gasteiger partial charge in [0.15, 0.2) is 0 Å². The summed E-state index contributed by atoms with van der Waals surface area (Å²) in [4.78, 5) is 31.8. The number of pyridine rings is 1. The molecule has 0 atom stereocenters. The first-order valence-corrected chi connectivity index (χ1v) is 14.9. The number of fused-ring (bicyclic) bond motifs is 2. The number of likely N-dealkylation sites (tertiary alicyclic amines) is 1. The van der Waals surface area contributed by atoms with Crippen molar-refractivity contribution in [2.24, 2.45) is 0 Å². The average Bonchev–Trinajstić information content (AvgIpc) is 3.24. The van der Waals surface area contributed by atoms with E-state index in [-0.39, 0.29) is 17.9 Å². The maximum absolute atomic E-state index is 13.1. The second-order valence-corrected chi connectivity index (χ2v) is 12.4. The molecular weight excluding hydrogens is 563 g/mol. The summed E-state index contributed by atoms with van der Waals surface area (Å²) in [5.74, 6) is 0.537. The summed E-state index contributed by atoms with van der Waals surface area (Å²) in [6.45, 7) is 4.43. The molecule has 1 spiro atoms. The summed E-state index contributed by atoms with van der Waals surface area (Å²) in [5, 5.41) is 6.32. The highest BCUT2D eigenvalue weighted by Crippen LogP contribution is 2.46. The summed E-state index contributed by atoms with van der Waals surface area (Å²) in [5.41, 5.74) is 2.68. The number of hydrogen-bond acceptors (Lipinski definition) is 6. The Morgan fingerprint density at radius 3 is 2.31 bits per heavy atom. The number of benzene rings is 2. The molecule has 0 radical (unpaired) electrons. The molecule has 0 aliphatic carbocycles. The second-order valence-electron chi connectivity index (χ2n) is 11.2. The lowest BCUT2D eigenvalue weighted by molar-refractivity contribution is -0.137. The summed E-state index contributed by atoms with van der Waals surface area (Å²) in [6, 6.07) is 17.2. The maximum Gasteiger partial charge on any atom is 0.417 e. The fourth-order valence-electron chi connectivity index (χ4n) is 6.10. The number of nitrogens with zero attached hydrogens (tertiary/aromatic N) is 3. The van der Waals surface area contributed by atoms with Gasteiger partial charge in [-0.05, 0) is 90.7 Å². The zero-order valence-electron chi connectivity index (χ0n) is 23.2. The Kier molecular flexibility index (Phi) is 7.65. The number of halogens is 3. The van der Waals surface area contributed by atoms with Crippen LogP contribution >= 0.6 is 11.9 Å². The van der Waals surface area contributed by atoms with Gasteiger partial charge in [0.25, 0.3) is 0 Å². The van der Waals surface area contributed by atoms with Crippen LogP contribution in [0.2, 0.25) is 0 Å². The number of carbonyl (C=O) groups excluding carboxylic acids is 2. The third kappa shape index (κ3) is 5.72. The van der Waals surface area contributed by atoms with Crippen molar-refractivity contribution >= 4 is 35.3 Å². The average molecular weight is 596 g/mol. The van der Waals surface area contributed by atoms with E-state index in [0.29, 0.717) is 31.7 Å². The Balaban J connectivity index is 1.05. The van der Waals surface area contributed by atoms with Gasteiger partial charge in [0.05, 0.1) is 11.0 Å². The minimum atomic E-state index is -4.39. The van der Waals surface area contributed by atoms with Crippen molar-refractivity contribution in [1.29, 1.82) is 0 Å². The first kappa shape index (κ1) is 28.5. The van der Waals surface area contributed by atoms with Crippen LogP contribution in [0.1, 0.15) is 43.7 Å². The van der Waals surface area contributed by atoms with E-state index in [9.17, 15) is 22.8 Å². The highest BCUT2D eigenvalue weighted by atomic mass is 32.2. The van der Waals surface area contributed by atoms with Crippen molar-refractivity contribution < 1.29 is 22.8 Å². The number of hydrogen-bond donors (Lipinski definition) is 2. The van der Waals surface area contributed by atoms with Crippen molar-refractivity contribution in [3.8, 4) is 11.1 Å². The number of aromatic nitrogens is 1. The van der Waals surface area contributed by atoms with Gasteiger partial charge in [0.1, 0.15) is 5.82 Å². The van der Waals surface area contributed by atoms with E-state index in [0.717, 1.165) is 65.5 Å². The number of piperidine rings is 2. The first-order chi connectivity index (χ1) is 20.1. The lowest BCUT2D eigenvalue weighted by Crippen LogP contribution is -2.47. The van der Waals surface area contributed by atoms with E-state index in [1.54, 1.807) is 18.9 Å². The van der Waals surface area contributed by atoms with Crippen LogP contribution in [0.15, 0.2) is 65.7 Å². The van der Waals surface area contributed by atoms with Gasteiger partial charge >= 0.3 is 6.18 Å². The van der Waals surface area contributed by atoms with Gasteiger partial charge in [0, 0.05) is 55.9 Å².